The van der Waals surface area contributed by atoms with Crippen LogP contribution in [0.1, 0.15) is 101 Å². The molecule has 3 rings (SSSR count). The van der Waals surface area contributed by atoms with Crippen molar-refractivity contribution in [3.63, 3.8) is 0 Å². The van der Waals surface area contributed by atoms with Gasteiger partial charge >= 0.3 is 11.9 Å². The standard InChI is InChI=1S/C26H35BrF2O4/c1-3-23(28)25(30)32-19-10-5-16(6-11-19)18-9-14-21(22(27)15-18)17-7-12-20(13-8-17)33-26(31)24(29)4-2/h9,14-17,19-20,23-24H,3-8,10-13H2,1-2H3/t16-,17-,19-,20-,23-,24-/m0/s1. The van der Waals surface area contributed by atoms with E-state index in [1.807, 2.05) is 0 Å². The predicted molar refractivity (Wildman–Crippen MR) is 127 cm³/mol. The van der Waals surface area contributed by atoms with Gasteiger partial charge in [0.25, 0.3) is 0 Å². The van der Waals surface area contributed by atoms with Crippen molar-refractivity contribution in [3.05, 3.63) is 33.8 Å². The van der Waals surface area contributed by atoms with Crippen molar-refractivity contribution >= 4 is 27.9 Å². The highest BCUT2D eigenvalue weighted by molar-refractivity contribution is 9.10. The van der Waals surface area contributed by atoms with Gasteiger partial charge in [-0.25, -0.2) is 18.4 Å². The third kappa shape index (κ3) is 7.00. The molecule has 2 aliphatic carbocycles. The van der Waals surface area contributed by atoms with Gasteiger partial charge in [-0.15, -0.1) is 0 Å². The average Bonchev–Trinajstić information content (AvgIpc) is 2.83. The molecule has 1 aromatic rings. The minimum atomic E-state index is -1.52. The molecule has 0 radical (unpaired) electrons. The second kappa shape index (κ2) is 12.3. The Bertz CT molecular complexity index is 801. The van der Waals surface area contributed by atoms with Crippen molar-refractivity contribution in [2.75, 3.05) is 0 Å². The number of hydrogen-bond donors (Lipinski definition) is 0. The number of ether oxygens (including phenoxy) is 2. The fourth-order valence-corrected chi connectivity index (χ4v) is 5.66. The normalized spacial score (nSPS) is 27.4. The number of hydrogen-bond acceptors (Lipinski definition) is 4. The lowest BCUT2D eigenvalue weighted by Gasteiger charge is -2.31. The first-order valence-electron chi connectivity index (χ1n) is 12.3. The molecule has 0 spiro atoms. The molecular formula is C26H35BrF2O4. The fourth-order valence-electron chi connectivity index (χ4n) is 4.94. The van der Waals surface area contributed by atoms with Gasteiger partial charge < -0.3 is 9.47 Å². The lowest BCUT2D eigenvalue weighted by molar-refractivity contribution is -0.157. The van der Waals surface area contributed by atoms with Gasteiger partial charge in [0.1, 0.15) is 12.2 Å². The average molecular weight is 529 g/mol. The van der Waals surface area contributed by atoms with Crippen molar-refractivity contribution < 1.29 is 27.8 Å². The van der Waals surface area contributed by atoms with Gasteiger partial charge in [-0.3, -0.25) is 0 Å². The van der Waals surface area contributed by atoms with Crippen LogP contribution in [0.3, 0.4) is 0 Å². The summed E-state index contributed by atoms with van der Waals surface area (Å²) in [6, 6.07) is 6.57. The minimum Gasteiger partial charge on any atom is -0.460 e. The summed E-state index contributed by atoms with van der Waals surface area (Å²) in [7, 11) is 0. The second-order valence-electron chi connectivity index (χ2n) is 9.35. The summed E-state index contributed by atoms with van der Waals surface area (Å²) in [5.74, 6) is -0.670. The number of carbonyl (C=O) groups excluding carboxylic acids is 2. The third-order valence-corrected chi connectivity index (χ3v) is 7.76. The molecule has 0 unspecified atom stereocenters. The molecule has 0 heterocycles. The van der Waals surface area contributed by atoms with E-state index in [-0.39, 0.29) is 25.0 Å². The Morgan fingerprint density at radius 1 is 0.848 bits per heavy atom. The van der Waals surface area contributed by atoms with Crippen molar-refractivity contribution in [3.8, 4) is 0 Å². The highest BCUT2D eigenvalue weighted by atomic mass is 79.9. The third-order valence-electron chi connectivity index (χ3n) is 7.08. The van der Waals surface area contributed by atoms with Crippen LogP contribution in [-0.2, 0) is 19.1 Å². The lowest BCUT2D eigenvalue weighted by atomic mass is 9.80. The first-order chi connectivity index (χ1) is 15.8. The Hall–Kier alpha value is -1.50. The van der Waals surface area contributed by atoms with Crippen LogP contribution in [-0.4, -0.2) is 36.5 Å². The molecule has 1 aromatic carbocycles. The Kier molecular flexibility index (Phi) is 9.71. The van der Waals surface area contributed by atoms with Crippen LogP contribution in [0.15, 0.2) is 22.7 Å². The van der Waals surface area contributed by atoms with E-state index in [2.05, 4.69) is 34.1 Å². The topological polar surface area (TPSA) is 52.6 Å². The number of rotatable bonds is 8. The van der Waals surface area contributed by atoms with Crippen LogP contribution >= 0.6 is 15.9 Å². The molecule has 0 aliphatic heterocycles. The van der Waals surface area contributed by atoms with Crippen molar-refractivity contribution in [1.82, 2.24) is 0 Å². The van der Waals surface area contributed by atoms with E-state index in [0.717, 1.165) is 55.8 Å². The molecule has 2 aliphatic rings. The lowest BCUT2D eigenvalue weighted by Crippen LogP contribution is -2.28. The minimum absolute atomic E-state index is 0.150. The zero-order chi connectivity index (χ0) is 24.0. The zero-order valence-corrected chi connectivity index (χ0v) is 21.1. The van der Waals surface area contributed by atoms with Gasteiger partial charge in [-0.1, -0.05) is 41.9 Å². The van der Waals surface area contributed by atoms with E-state index in [1.54, 1.807) is 13.8 Å². The van der Waals surface area contributed by atoms with E-state index in [9.17, 15) is 18.4 Å². The molecular weight excluding hydrogens is 494 g/mol. The van der Waals surface area contributed by atoms with Crippen LogP contribution in [0, 0.1) is 0 Å². The Labute approximate surface area is 203 Å². The number of esters is 2. The van der Waals surface area contributed by atoms with E-state index in [0.29, 0.717) is 11.8 Å². The Morgan fingerprint density at radius 2 is 1.30 bits per heavy atom. The summed E-state index contributed by atoms with van der Waals surface area (Å²) < 4.78 is 38.7. The Morgan fingerprint density at radius 3 is 1.73 bits per heavy atom. The van der Waals surface area contributed by atoms with Gasteiger partial charge in [0.05, 0.1) is 0 Å². The van der Waals surface area contributed by atoms with Crippen LogP contribution in [0.4, 0.5) is 8.78 Å². The molecule has 2 atom stereocenters. The van der Waals surface area contributed by atoms with Gasteiger partial charge in [0.15, 0.2) is 12.3 Å². The summed E-state index contributed by atoms with van der Waals surface area (Å²) >= 11 is 3.76. The largest absolute Gasteiger partial charge is 0.460 e. The monoisotopic (exact) mass is 528 g/mol. The van der Waals surface area contributed by atoms with Crippen molar-refractivity contribution in [1.29, 1.82) is 0 Å². The van der Waals surface area contributed by atoms with Crippen LogP contribution < -0.4 is 0 Å². The maximum absolute atomic E-state index is 13.5. The summed E-state index contributed by atoms with van der Waals surface area (Å²) in [6.45, 7) is 3.28. The van der Waals surface area contributed by atoms with Crippen LogP contribution in [0.2, 0.25) is 0 Å². The number of alkyl halides is 2. The molecule has 0 N–H and O–H groups in total. The molecule has 7 heteroatoms. The maximum atomic E-state index is 13.5. The highest BCUT2D eigenvalue weighted by Crippen LogP contribution is 2.40. The number of halogens is 3. The number of benzene rings is 1. The van der Waals surface area contributed by atoms with Gasteiger partial charge in [0, 0.05) is 4.47 Å². The molecule has 184 valence electrons. The molecule has 33 heavy (non-hydrogen) atoms. The van der Waals surface area contributed by atoms with Gasteiger partial charge in [-0.05, 0) is 93.2 Å². The van der Waals surface area contributed by atoms with E-state index in [4.69, 9.17) is 9.47 Å². The SMILES string of the molecule is CC[C@H](F)C(=O)O[C@H]1CC[C@H](c2ccc([C@H]3CC[C@H](OC(=O)[C@@H](F)CC)CC3)c(Br)c2)CC1. The van der Waals surface area contributed by atoms with Crippen LogP contribution in [0.25, 0.3) is 0 Å². The first-order valence-corrected chi connectivity index (χ1v) is 13.1. The Balaban J connectivity index is 1.50. The highest BCUT2D eigenvalue weighted by Gasteiger charge is 2.30. The molecule has 4 nitrogen and oxygen atoms in total. The second-order valence-corrected chi connectivity index (χ2v) is 10.2. The molecule has 2 saturated carbocycles. The molecule has 0 saturated heterocycles. The first kappa shape index (κ1) is 26.1. The zero-order valence-electron chi connectivity index (χ0n) is 19.5. The smallest absolute Gasteiger partial charge is 0.340 e. The molecule has 0 amide bonds. The summed E-state index contributed by atoms with van der Waals surface area (Å²) in [6.07, 6.45) is 3.53. The summed E-state index contributed by atoms with van der Waals surface area (Å²) in [5.41, 5.74) is 2.53. The molecule has 0 bridgehead atoms. The maximum Gasteiger partial charge on any atom is 0.340 e. The van der Waals surface area contributed by atoms with E-state index < -0.39 is 24.3 Å². The molecule has 2 fully saturated rings. The van der Waals surface area contributed by atoms with Crippen molar-refractivity contribution in [2.24, 2.45) is 0 Å². The quantitative estimate of drug-likeness (QED) is 0.338. The van der Waals surface area contributed by atoms with Crippen molar-refractivity contribution in [2.45, 2.75) is 114 Å². The van der Waals surface area contributed by atoms with E-state index >= 15 is 0 Å². The van der Waals surface area contributed by atoms with E-state index in [1.165, 1.54) is 11.1 Å². The van der Waals surface area contributed by atoms with Crippen LogP contribution in [0.5, 0.6) is 0 Å². The van der Waals surface area contributed by atoms with Gasteiger partial charge in [0.2, 0.25) is 0 Å². The predicted octanol–water partition coefficient (Wildman–Crippen LogP) is 7.08. The molecule has 0 aromatic heterocycles. The number of carbonyl (C=O) groups is 2. The fraction of sp³-hybridized carbons (Fsp3) is 0.692. The summed E-state index contributed by atoms with van der Waals surface area (Å²) in [4.78, 5) is 23.4. The summed E-state index contributed by atoms with van der Waals surface area (Å²) in [5, 5.41) is 0. The van der Waals surface area contributed by atoms with Gasteiger partial charge in [-0.2, -0.15) is 0 Å².